The van der Waals surface area contributed by atoms with E-state index in [0.29, 0.717) is 36.4 Å². The lowest BCUT2D eigenvalue weighted by molar-refractivity contribution is -0.149. The van der Waals surface area contributed by atoms with Crippen molar-refractivity contribution in [3.8, 4) is 11.5 Å². The molecule has 6 heteroatoms. The zero-order valence-electron chi connectivity index (χ0n) is 13.6. The summed E-state index contributed by atoms with van der Waals surface area (Å²) in [5, 5.41) is 0. The van der Waals surface area contributed by atoms with E-state index in [9.17, 15) is 9.59 Å². The van der Waals surface area contributed by atoms with Crippen molar-refractivity contribution < 1.29 is 23.8 Å². The Morgan fingerprint density at radius 3 is 2.52 bits per heavy atom. The highest BCUT2D eigenvalue weighted by atomic mass is 16.5. The van der Waals surface area contributed by atoms with Crippen molar-refractivity contribution in [1.82, 2.24) is 4.90 Å². The van der Waals surface area contributed by atoms with Crippen LogP contribution in [0.1, 0.15) is 22.3 Å². The van der Waals surface area contributed by atoms with Crippen molar-refractivity contribution in [2.24, 2.45) is 0 Å². The van der Waals surface area contributed by atoms with Crippen LogP contribution in [-0.4, -0.2) is 50.7 Å². The molecule has 0 N–H and O–H groups in total. The van der Waals surface area contributed by atoms with Crippen LogP contribution in [0.25, 0.3) is 0 Å². The van der Waals surface area contributed by atoms with E-state index in [-0.39, 0.29) is 5.91 Å². The molecule has 0 aromatic heterocycles. The van der Waals surface area contributed by atoms with Gasteiger partial charge in [-0.25, -0.2) is 4.79 Å². The van der Waals surface area contributed by atoms with Gasteiger partial charge < -0.3 is 19.1 Å². The number of rotatable bonds is 6. The fourth-order valence-electron chi connectivity index (χ4n) is 2.65. The summed E-state index contributed by atoms with van der Waals surface area (Å²) >= 11 is 0. The predicted octanol–water partition coefficient (Wildman–Crippen LogP) is 1.82. The second-order valence-corrected chi connectivity index (χ2v) is 5.19. The van der Waals surface area contributed by atoms with Crippen LogP contribution in [0, 0.1) is 0 Å². The van der Waals surface area contributed by atoms with Gasteiger partial charge in [0.1, 0.15) is 6.04 Å². The van der Waals surface area contributed by atoms with E-state index in [1.54, 1.807) is 25.3 Å². The van der Waals surface area contributed by atoms with Gasteiger partial charge in [-0.2, -0.15) is 0 Å². The largest absolute Gasteiger partial charge is 0.493 e. The van der Waals surface area contributed by atoms with Gasteiger partial charge >= 0.3 is 5.97 Å². The Bertz CT molecular complexity index is 626. The Balaban J connectivity index is 2.35. The zero-order valence-corrected chi connectivity index (χ0v) is 13.6. The van der Waals surface area contributed by atoms with Crippen molar-refractivity contribution in [3.05, 3.63) is 35.9 Å². The van der Waals surface area contributed by atoms with E-state index < -0.39 is 12.0 Å². The second-order valence-electron chi connectivity index (χ2n) is 5.19. The zero-order chi connectivity index (χ0) is 17.0. The number of esters is 1. The molecule has 0 spiro atoms. The molecule has 23 heavy (non-hydrogen) atoms. The molecule has 124 valence electrons. The molecule has 1 aliphatic heterocycles. The molecule has 0 bridgehead atoms. The smallest absolute Gasteiger partial charge is 0.328 e. The number of hydrogen-bond donors (Lipinski definition) is 0. The third-order valence-corrected chi connectivity index (χ3v) is 3.92. The van der Waals surface area contributed by atoms with Crippen molar-refractivity contribution in [3.63, 3.8) is 0 Å². The van der Waals surface area contributed by atoms with E-state index in [2.05, 4.69) is 6.58 Å². The first-order valence-electron chi connectivity index (χ1n) is 7.32. The van der Waals surface area contributed by atoms with Crippen molar-refractivity contribution in [1.29, 1.82) is 0 Å². The van der Waals surface area contributed by atoms with Crippen LogP contribution in [0.15, 0.2) is 24.8 Å². The van der Waals surface area contributed by atoms with E-state index in [1.807, 2.05) is 0 Å². The average Bonchev–Trinajstić information content (AvgIpc) is 2.52. The highest BCUT2D eigenvalue weighted by molar-refractivity contribution is 5.98. The number of likely N-dealkylation sites (tertiary alicyclic amines) is 1. The Hall–Kier alpha value is -2.50. The van der Waals surface area contributed by atoms with Crippen molar-refractivity contribution >= 4 is 11.9 Å². The summed E-state index contributed by atoms with van der Waals surface area (Å²) < 4.78 is 15.4. The van der Waals surface area contributed by atoms with E-state index in [1.165, 1.54) is 19.1 Å². The summed E-state index contributed by atoms with van der Waals surface area (Å²) in [7, 11) is 4.39. The average molecular weight is 319 g/mol. The molecule has 1 aliphatic rings. The standard InChI is InChI=1S/C17H21NO5/c1-5-6-11-9-12(10-14(21-2)15(11)22-3)16(19)18-8-7-13(18)17(20)23-4/h5,9-10,13H,1,6-8H2,2-4H3. The molecular weight excluding hydrogens is 298 g/mol. The van der Waals surface area contributed by atoms with Gasteiger partial charge in [0.2, 0.25) is 0 Å². The summed E-state index contributed by atoms with van der Waals surface area (Å²) in [6.07, 6.45) is 2.89. The number of benzene rings is 1. The SMILES string of the molecule is C=CCc1cc(C(=O)N2CCC2C(=O)OC)cc(OC)c1OC. The molecule has 1 unspecified atom stereocenters. The van der Waals surface area contributed by atoms with E-state index >= 15 is 0 Å². The summed E-state index contributed by atoms with van der Waals surface area (Å²) in [4.78, 5) is 25.8. The van der Waals surface area contributed by atoms with Crippen molar-refractivity contribution in [2.75, 3.05) is 27.9 Å². The first-order valence-corrected chi connectivity index (χ1v) is 7.32. The number of allylic oxidation sites excluding steroid dienone is 1. The fourth-order valence-corrected chi connectivity index (χ4v) is 2.65. The number of amides is 1. The van der Waals surface area contributed by atoms with Crippen LogP contribution in [0.5, 0.6) is 11.5 Å². The van der Waals surface area contributed by atoms with Crippen LogP contribution >= 0.6 is 0 Å². The van der Waals surface area contributed by atoms with Crippen LogP contribution in [0.2, 0.25) is 0 Å². The highest BCUT2D eigenvalue weighted by Gasteiger charge is 2.39. The summed E-state index contributed by atoms with van der Waals surface area (Å²) in [6, 6.07) is 2.86. The Morgan fingerprint density at radius 1 is 1.30 bits per heavy atom. The molecule has 1 heterocycles. The third kappa shape index (κ3) is 3.16. The summed E-state index contributed by atoms with van der Waals surface area (Å²) in [5.41, 5.74) is 1.26. The lowest BCUT2D eigenvalue weighted by Gasteiger charge is -2.38. The maximum atomic E-state index is 12.7. The van der Waals surface area contributed by atoms with Gasteiger partial charge in [0.25, 0.3) is 5.91 Å². The van der Waals surface area contributed by atoms with Gasteiger partial charge in [0.05, 0.1) is 21.3 Å². The van der Waals surface area contributed by atoms with Gasteiger partial charge in [-0.3, -0.25) is 4.79 Å². The topological polar surface area (TPSA) is 65.1 Å². The van der Waals surface area contributed by atoms with Gasteiger partial charge in [-0.15, -0.1) is 6.58 Å². The summed E-state index contributed by atoms with van der Waals surface area (Å²) in [5.74, 6) is 0.441. The van der Waals surface area contributed by atoms with Crippen LogP contribution in [0.3, 0.4) is 0 Å². The van der Waals surface area contributed by atoms with Crippen LogP contribution in [-0.2, 0) is 16.0 Å². The monoisotopic (exact) mass is 319 g/mol. The molecule has 0 radical (unpaired) electrons. The third-order valence-electron chi connectivity index (χ3n) is 3.92. The molecule has 6 nitrogen and oxygen atoms in total. The van der Waals surface area contributed by atoms with Gasteiger partial charge in [0, 0.05) is 17.7 Å². The van der Waals surface area contributed by atoms with Crippen molar-refractivity contribution in [2.45, 2.75) is 18.9 Å². The normalized spacial score (nSPS) is 16.3. The van der Waals surface area contributed by atoms with Gasteiger partial charge in [-0.1, -0.05) is 6.08 Å². The first kappa shape index (κ1) is 16.9. The minimum absolute atomic E-state index is 0.224. The van der Waals surface area contributed by atoms with Gasteiger partial charge in [0.15, 0.2) is 11.5 Å². The maximum Gasteiger partial charge on any atom is 0.328 e. The maximum absolute atomic E-state index is 12.7. The molecule has 1 aromatic carbocycles. The minimum Gasteiger partial charge on any atom is -0.493 e. The Labute approximate surface area is 135 Å². The van der Waals surface area contributed by atoms with E-state index in [0.717, 1.165) is 5.56 Å². The summed E-state index contributed by atoms with van der Waals surface area (Å²) in [6.45, 7) is 4.25. The molecular formula is C17H21NO5. The molecule has 2 rings (SSSR count). The quantitative estimate of drug-likeness (QED) is 0.591. The molecule has 1 aromatic rings. The highest BCUT2D eigenvalue weighted by Crippen LogP contribution is 2.34. The minimum atomic E-state index is -0.511. The lowest BCUT2D eigenvalue weighted by Crippen LogP contribution is -2.55. The van der Waals surface area contributed by atoms with Crippen LogP contribution < -0.4 is 9.47 Å². The Kier molecular flexibility index (Phi) is 5.26. The Morgan fingerprint density at radius 2 is 2.04 bits per heavy atom. The number of methoxy groups -OCH3 is 3. The lowest BCUT2D eigenvalue weighted by atomic mass is 9.99. The number of hydrogen-bond acceptors (Lipinski definition) is 5. The predicted molar refractivity (Wildman–Crippen MR) is 84.9 cm³/mol. The van der Waals surface area contributed by atoms with Gasteiger partial charge in [-0.05, 0) is 25.0 Å². The van der Waals surface area contributed by atoms with E-state index in [4.69, 9.17) is 14.2 Å². The fraction of sp³-hybridized carbons (Fsp3) is 0.412. The number of carbonyl (C=O) groups is 2. The number of ether oxygens (including phenoxy) is 3. The molecule has 1 atom stereocenters. The molecule has 0 aliphatic carbocycles. The first-order chi connectivity index (χ1) is 11.1. The number of nitrogens with zero attached hydrogens (tertiary/aromatic N) is 1. The molecule has 1 saturated heterocycles. The van der Waals surface area contributed by atoms with Crippen LogP contribution in [0.4, 0.5) is 0 Å². The number of carbonyl (C=O) groups excluding carboxylic acids is 2. The molecule has 1 fully saturated rings. The second kappa shape index (κ2) is 7.17. The molecule has 1 amide bonds. The molecule has 0 saturated carbocycles.